The van der Waals surface area contributed by atoms with E-state index in [2.05, 4.69) is 58.7 Å². The number of carbonyl (C=O) groups is 1. The summed E-state index contributed by atoms with van der Waals surface area (Å²) in [6.45, 7) is 5.57. The molecule has 216 valence electrons. The molecule has 2 aliphatic heterocycles. The van der Waals surface area contributed by atoms with E-state index in [0.717, 1.165) is 82.6 Å². The maximum atomic E-state index is 12.4. The summed E-state index contributed by atoms with van der Waals surface area (Å²) >= 11 is 0. The number of fused-ring (bicyclic) bond motifs is 2. The van der Waals surface area contributed by atoms with Crippen LogP contribution in [0, 0.1) is 5.92 Å². The van der Waals surface area contributed by atoms with Crippen LogP contribution in [0.3, 0.4) is 0 Å². The first kappa shape index (κ1) is 27.9. The molecule has 1 aromatic heterocycles. The van der Waals surface area contributed by atoms with Gasteiger partial charge in [0.2, 0.25) is 0 Å². The zero-order valence-corrected chi connectivity index (χ0v) is 23.9. The summed E-state index contributed by atoms with van der Waals surface area (Å²) in [5.41, 5.74) is 7.39. The quantitative estimate of drug-likeness (QED) is 0.360. The normalized spacial score (nSPS) is 21.0. The third-order valence-corrected chi connectivity index (χ3v) is 9.16. The Bertz CT molecular complexity index is 1310. The molecule has 7 nitrogen and oxygen atoms in total. The van der Waals surface area contributed by atoms with Crippen molar-refractivity contribution in [2.45, 2.75) is 70.2 Å². The van der Waals surface area contributed by atoms with Crippen LogP contribution < -0.4 is 5.32 Å². The molecular formula is C34H42N4O3. The van der Waals surface area contributed by atoms with E-state index in [1.54, 1.807) is 4.90 Å². The molecule has 1 saturated heterocycles. The topological polar surface area (TPSA) is 77.9 Å². The van der Waals surface area contributed by atoms with Gasteiger partial charge in [0.1, 0.15) is 0 Å². The van der Waals surface area contributed by atoms with Crippen molar-refractivity contribution in [1.82, 2.24) is 20.1 Å². The van der Waals surface area contributed by atoms with Crippen molar-refractivity contribution in [3.8, 4) is 0 Å². The number of hydrogen-bond acceptors (Lipinski definition) is 5. The Morgan fingerprint density at radius 2 is 1.73 bits per heavy atom. The molecule has 7 heteroatoms. The number of nitrogens with one attached hydrogen (secondary N) is 1. The van der Waals surface area contributed by atoms with Crippen LogP contribution in [-0.2, 0) is 37.2 Å². The number of benzene rings is 2. The largest absolute Gasteiger partial charge is 0.465 e. The predicted molar refractivity (Wildman–Crippen MR) is 160 cm³/mol. The lowest BCUT2D eigenvalue weighted by molar-refractivity contribution is 0.0662. The number of aromatic nitrogens is 1. The molecule has 3 aromatic rings. The Labute approximate surface area is 243 Å². The Balaban J connectivity index is 1.19. The molecule has 41 heavy (non-hydrogen) atoms. The number of ether oxygens (including phenoxy) is 1. The first-order valence-corrected chi connectivity index (χ1v) is 15.2. The van der Waals surface area contributed by atoms with E-state index in [4.69, 9.17) is 9.72 Å². The Kier molecular flexibility index (Phi) is 8.94. The monoisotopic (exact) mass is 554 g/mol. The maximum absolute atomic E-state index is 12.4. The van der Waals surface area contributed by atoms with Crippen LogP contribution in [0.2, 0.25) is 0 Å². The van der Waals surface area contributed by atoms with Gasteiger partial charge in [-0.25, -0.2) is 4.79 Å². The van der Waals surface area contributed by atoms with E-state index in [1.165, 1.54) is 22.3 Å². The highest BCUT2D eigenvalue weighted by atomic mass is 16.5. The fourth-order valence-electron chi connectivity index (χ4n) is 6.86. The van der Waals surface area contributed by atoms with E-state index >= 15 is 0 Å². The zero-order valence-electron chi connectivity index (χ0n) is 23.9. The minimum absolute atomic E-state index is 0.106. The molecule has 6 rings (SSSR count). The van der Waals surface area contributed by atoms with Gasteiger partial charge in [-0.15, -0.1) is 0 Å². The summed E-state index contributed by atoms with van der Waals surface area (Å²) in [4.78, 5) is 21.4. The Morgan fingerprint density at radius 3 is 2.54 bits per heavy atom. The second kappa shape index (κ2) is 13.1. The second-order valence-electron chi connectivity index (χ2n) is 11.9. The molecule has 2 unspecified atom stereocenters. The fraction of sp³-hybridized carbons (Fsp3) is 0.471. The molecule has 2 aromatic carbocycles. The lowest BCUT2D eigenvalue weighted by Crippen LogP contribution is -2.50. The molecule has 3 heterocycles. The predicted octanol–water partition coefficient (Wildman–Crippen LogP) is 5.58. The van der Waals surface area contributed by atoms with Gasteiger partial charge < -0.3 is 15.2 Å². The molecule has 2 atom stereocenters. The molecule has 0 spiro atoms. The first-order chi connectivity index (χ1) is 20.1. The van der Waals surface area contributed by atoms with Gasteiger partial charge in [0.25, 0.3) is 0 Å². The number of amides is 1. The number of aryl methyl sites for hydroxylation is 1. The maximum Gasteiger partial charge on any atom is 0.407 e. The third kappa shape index (κ3) is 6.80. The second-order valence-corrected chi connectivity index (χ2v) is 11.9. The lowest BCUT2D eigenvalue weighted by atomic mass is 9.89. The van der Waals surface area contributed by atoms with E-state index in [-0.39, 0.29) is 12.1 Å². The minimum Gasteiger partial charge on any atom is -0.465 e. The van der Waals surface area contributed by atoms with Gasteiger partial charge >= 0.3 is 6.09 Å². The van der Waals surface area contributed by atoms with Gasteiger partial charge in [-0.2, -0.15) is 0 Å². The van der Waals surface area contributed by atoms with Crippen molar-refractivity contribution < 1.29 is 14.6 Å². The van der Waals surface area contributed by atoms with Crippen LogP contribution in [0.4, 0.5) is 4.79 Å². The molecular weight excluding hydrogens is 512 g/mol. The minimum atomic E-state index is -0.843. The molecule has 1 fully saturated rings. The number of rotatable bonds is 9. The van der Waals surface area contributed by atoms with Crippen LogP contribution in [0.25, 0.3) is 0 Å². The SMILES string of the molecule is O=C(O)N1Cc2ccccc2CC1CN(Cc1ccc(CNCC2CCOCC2)cc1)C1CCCc2cccnc21. The number of hydrogen-bond donors (Lipinski definition) is 2. The molecule has 0 saturated carbocycles. The van der Waals surface area contributed by atoms with Gasteiger partial charge in [0.15, 0.2) is 0 Å². The van der Waals surface area contributed by atoms with E-state index in [1.807, 2.05) is 18.3 Å². The summed E-state index contributed by atoms with van der Waals surface area (Å²) in [7, 11) is 0. The molecule has 0 radical (unpaired) electrons. The average Bonchev–Trinajstić information content (AvgIpc) is 3.01. The summed E-state index contributed by atoms with van der Waals surface area (Å²) < 4.78 is 5.49. The van der Waals surface area contributed by atoms with Crippen LogP contribution in [-0.4, -0.2) is 58.3 Å². The summed E-state index contributed by atoms with van der Waals surface area (Å²) in [5, 5.41) is 13.8. The van der Waals surface area contributed by atoms with Crippen LogP contribution in [0.15, 0.2) is 66.9 Å². The lowest BCUT2D eigenvalue weighted by Gasteiger charge is -2.41. The van der Waals surface area contributed by atoms with Gasteiger partial charge in [-0.05, 0) is 84.9 Å². The van der Waals surface area contributed by atoms with Gasteiger partial charge in [0, 0.05) is 45.6 Å². The zero-order chi connectivity index (χ0) is 28.0. The van der Waals surface area contributed by atoms with Crippen molar-refractivity contribution in [3.63, 3.8) is 0 Å². The Morgan fingerprint density at radius 1 is 0.976 bits per heavy atom. The summed E-state index contributed by atoms with van der Waals surface area (Å²) in [5.74, 6) is 0.709. The van der Waals surface area contributed by atoms with Gasteiger partial charge in [0.05, 0.1) is 17.8 Å². The molecule has 1 amide bonds. The van der Waals surface area contributed by atoms with Crippen molar-refractivity contribution in [2.24, 2.45) is 5.92 Å². The fourth-order valence-corrected chi connectivity index (χ4v) is 6.86. The van der Waals surface area contributed by atoms with Gasteiger partial charge in [-0.3, -0.25) is 14.8 Å². The summed E-state index contributed by atoms with van der Waals surface area (Å²) in [6, 6.07) is 21.5. The average molecular weight is 555 g/mol. The molecule has 3 aliphatic rings. The summed E-state index contributed by atoms with van der Waals surface area (Å²) in [6.07, 6.45) is 7.30. The molecule has 0 bridgehead atoms. The number of nitrogens with zero attached hydrogens (tertiary/aromatic N) is 3. The Hall–Kier alpha value is -3.26. The number of carboxylic acid groups (broad SMARTS) is 1. The third-order valence-electron chi connectivity index (χ3n) is 9.16. The van der Waals surface area contributed by atoms with Gasteiger partial charge in [-0.1, -0.05) is 54.6 Å². The standard InChI is InChI=1S/C34H42N4O3/c39-34(40)38-23-30-6-2-1-5-29(30)19-31(38)24-37(32-9-3-7-28-8-4-16-36-33(28)32)22-27-12-10-25(11-13-27)20-35-21-26-14-17-41-18-15-26/h1-2,4-6,8,10-13,16,26,31-32,35H,3,7,9,14-15,17-24H2,(H,39,40). The van der Waals surface area contributed by atoms with Crippen molar-refractivity contribution >= 4 is 6.09 Å². The smallest absolute Gasteiger partial charge is 0.407 e. The van der Waals surface area contributed by atoms with E-state index in [0.29, 0.717) is 19.0 Å². The van der Waals surface area contributed by atoms with Crippen LogP contribution in [0.5, 0.6) is 0 Å². The van der Waals surface area contributed by atoms with Crippen LogP contribution >= 0.6 is 0 Å². The highest BCUT2D eigenvalue weighted by Gasteiger charge is 2.34. The first-order valence-electron chi connectivity index (χ1n) is 15.2. The van der Waals surface area contributed by atoms with Crippen molar-refractivity contribution in [2.75, 3.05) is 26.3 Å². The van der Waals surface area contributed by atoms with Crippen LogP contribution in [0.1, 0.15) is 65.2 Å². The highest BCUT2D eigenvalue weighted by molar-refractivity contribution is 5.66. The molecule has 1 aliphatic carbocycles. The van der Waals surface area contributed by atoms with Crippen molar-refractivity contribution in [1.29, 1.82) is 0 Å². The highest BCUT2D eigenvalue weighted by Crippen LogP contribution is 2.35. The molecule has 2 N–H and O–H groups in total. The van der Waals surface area contributed by atoms with E-state index < -0.39 is 6.09 Å². The number of pyridine rings is 1. The van der Waals surface area contributed by atoms with Crippen molar-refractivity contribution in [3.05, 3.63) is 100 Å². The van der Waals surface area contributed by atoms with E-state index in [9.17, 15) is 9.90 Å².